The number of ether oxygens (including phenoxy) is 1. The second-order valence-electron chi connectivity index (χ2n) is 7.19. The van der Waals surface area contributed by atoms with Crippen LogP contribution in [0, 0.1) is 0 Å². The van der Waals surface area contributed by atoms with Gasteiger partial charge in [0, 0.05) is 24.4 Å². The fraction of sp³-hybridized carbons (Fsp3) is 0.364. The Kier molecular flexibility index (Phi) is 5.87. The van der Waals surface area contributed by atoms with Gasteiger partial charge >= 0.3 is 6.03 Å². The van der Waals surface area contributed by atoms with Gasteiger partial charge in [0.05, 0.1) is 17.1 Å². The van der Waals surface area contributed by atoms with Crippen LogP contribution in [0.2, 0.25) is 0 Å². The maximum atomic E-state index is 12.0. The van der Waals surface area contributed by atoms with Crippen molar-refractivity contribution in [3.63, 3.8) is 0 Å². The van der Waals surface area contributed by atoms with Crippen molar-refractivity contribution in [3.8, 4) is 11.4 Å². The lowest BCUT2D eigenvalue weighted by Gasteiger charge is -2.10. The molecule has 1 aliphatic rings. The lowest BCUT2D eigenvalue weighted by Crippen LogP contribution is -2.29. The minimum atomic E-state index is -0.173. The van der Waals surface area contributed by atoms with Crippen LogP contribution in [0.4, 0.5) is 10.5 Å². The van der Waals surface area contributed by atoms with Crippen molar-refractivity contribution in [3.05, 3.63) is 48.5 Å². The molecule has 2 amide bonds. The third-order valence-electron chi connectivity index (χ3n) is 5.07. The Balaban J connectivity index is 1.23. The molecule has 2 heterocycles. The number of carbonyl (C=O) groups is 1. The van der Waals surface area contributed by atoms with Crippen LogP contribution in [-0.2, 0) is 4.74 Å². The minimum Gasteiger partial charge on any atom is -0.378 e. The quantitative estimate of drug-likeness (QED) is 0.521. The highest BCUT2D eigenvalue weighted by molar-refractivity contribution is 5.89. The Morgan fingerprint density at radius 3 is 2.79 bits per heavy atom. The van der Waals surface area contributed by atoms with Crippen LogP contribution in [-0.4, -0.2) is 35.3 Å². The zero-order valence-electron chi connectivity index (χ0n) is 15.9. The van der Waals surface area contributed by atoms with Gasteiger partial charge in [0.1, 0.15) is 5.82 Å². The summed E-state index contributed by atoms with van der Waals surface area (Å²) in [5.74, 6) is 0.823. The van der Waals surface area contributed by atoms with Crippen molar-refractivity contribution in [2.75, 3.05) is 18.5 Å². The number of rotatable bonds is 7. The van der Waals surface area contributed by atoms with E-state index in [1.54, 1.807) is 0 Å². The number of nitrogens with zero attached hydrogens (tertiary/aromatic N) is 1. The smallest absolute Gasteiger partial charge is 0.319 e. The molecule has 1 saturated heterocycles. The Bertz CT molecular complexity index is 881. The third-order valence-corrected chi connectivity index (χ3v) is 5.07. The molecule has 1 fully saturated rings. The number of hydrogen-bond donors (Lipinski definition) is 3. The number of fused-ring (bicyclic) bond motifs is 1. The van der Waals surface area contributed by atoms with E-state index in [0.717, 1.165) is 54.0 Å². The van der Waals surface area contributed by atoms with E-state index in [-0.39, 0.29) is 6.03 Å². The fourth-order valence-corrected chi connectivity index (χ4v) is 3.55. The summed E-state index contributed by atoms with van der Waals surface area (Å²) < 4.78 is 5.61. The van der Waals surface area contributed by atoms with E-state index < -0.39 is 0 Å². The average Bonchev–Trinajstić information content (AvgIpc) is 3.38. The van der Waals surface area contributed by atoms with Crippen LogP contribution in [0.25, 0.3) is 22.4 Å². The molecule has 0 unspecified atom stereocenters. The van der Waals surface area contributed by atoms with Crippen LogP contribution in [0.15, 0.2) is 48.5 Å². The molecule has 0 aliphatic carbocycles. The van der Waals surface area contributed by atoms with E-state index in [1.165, 1.54) is 12.8 Å². The van der Waals surface area contributed by atoms with E-state index in [4.69, 9.17) is 4.74 Å². The summed E-state index contributed by atoms with van der Waals surface area (Å²) >= 11 is 0. The van der Waals surface area contributed by atoms with Gasteiger partial charge in [-0.25, -0.2) is 9.78 Å². The summed E-state index contributed by atoms with van der Waals surface area (Å²) in [5, 5.41) is 5.79. The summed E-state index contributed by atoms with van der Waals surface area (Å²) in [6.45, 7) is 1.58. The van der Waals surface area contributed by atoms with Crippen LogP contribution in [0.3, 0.4) is 0 Å². The number of H-pyrrole nitrogens is 1. The molecule has 6 heteroatoms. The summed E-state index contributed by atoms with van der Waals surface area (Å²) in [6.07, 6.45) is 5.93. The van der Waals surface area contributed by atoms with E-state index >= 15 is 0 Å². The van der Waals surface area contributed by atoms with Gasteiger partial charge in [-0.1, -0.05) is 12.1 Å². The van der Waals surface area contributed by atoms with Crippen molar-refractivity contribution in [1.29, 1.82) is 0 Å². The molecule has 0 radical (unpaired) electrons. The largest absolute Gasteiger partial charge is 0.378 e. The van der Waals surface area contributed by atoms with Crippen molar-refractivity contribution < 1.29 is 9.53 Å². The molecule has 0 spiro atoms. The summed E-state index contributed by atoms with van der Waals surface area (Å²) in [5.41, 5.74) is 3.70. The first-order valence-electron chi connectivity index (χ1n) is 9.99. The fourth-order valence-electron chi connectivity index (χ4n) is 3.55. The van der Waals surface area contributed by atoms with Gasteiger partial charge in [0.25, 0.3) is 0 Å². The minimum absolute atomic E-state index is 0.173. The van der Waals surface area contributed by atoms with Crippen molar-refractivity contribution >= 4 is 22.8 Å². The number of urea groups is 1. The van der Waals surface area contributed by atoms with Crippen LogP contribution in [0.1, 0.15) is 32.1 Å². The van der Waals surface area contributed by atoms with Crippen molar-refractivity contribution in [1.82, 2.24) is 15.3 Å². The molecular formula is C22H26N4O2. The Morgan fingerprint density at radius 1 is 1.14 bits per heavy atom. The summed E-state index contributed by atoms with van der Waals surface area (Å²) in [6, 6.07) is 15.5. The first-order chi connectivity index (χ1) is 13.8. The van der Waals surface area contributed by atoms with Crippen LogP contribution in [0.5, 0.6) is 0 Å². The van der Waals surface area contributed by atoms with Gasteiger partial charge in [0.15, 0.2) is 0 Å². The van der Waals surface area contributed by atoms with Gasteiger partial charge < -0.3 is 20.4 Å². The predicted octanol–water partition coefficient (Wildman–Crippen LogP) is 4.70. The summed E-state index contributed by atoms with van der Waals surface area (Å²) in [4.78, 5) is 19.9. The number of aromatic nitrogens is 2. The highest BCUT2D eigenvalue weighted by atomic mass is 16.5. The zero-order chi connectivity index (χ0) is 19.2. The van der Waals surface area contributed by atoms with E-state index in [0.29, 0.717) is 12.6 Å². The highest BCUT2D eigenvalue weighted by Crippen LogP contribution is 2.22. The van der Waals surface area contributed by atoms with E-state index in [2.05, 4.69) is 20.6 Å². The molecule has 146 valence electrons. The molecule has 28 heavy (non-hydrogen) atoms. The molecule has 1 aliphatic heterocycles. The molecule has 1 aromatic heterocycles. The number of benzene rings is 2. The maximum Gasteiger partial charge on any atom is 0.319 e. The van der Waals surface area contributed by atoms with Gasteiger partial charge in [-0.05, 0) is 68.5 Å². The van der Waals surface area contributed by atoms with Gasteiger partial charge in [0.2, 0.25) is 0 Å². The number of hydrogen-bond acceptors (Lipinski definition) is 3. The van der Waals surface area contributed by atoms with Gasteiger partial charge in [-0.15, -0.1) is 0 Å². The highest BCUT2D eigenvalue weighted by Gasteiger charge is 2.14. The number of unbranched alkanes of at least 4 members (excludes halogenated alkanes) is 1. The van der Waals surface area contributed by atoms with Crippen molar-refractivity contribution in [2.24, 2.45) is 0 Å². The number of anilines is 1. The maximum absolute atomic E-state index is 12.0. The zero-order valence-corrected chi connectivity index (χ0v) is 15.9. The Morgan fingerprint density at radius 2 is 2.00 bits per heavy atom. The third kappa shape index (κ3) is 4.70. The Labute approximate surface area is 164 Å². The van der Waals surface area contributed by atoms with Gasteiger partial charge in [-0.2, -0.15) is 0 Å². The number of para-hydroxylation sites is 2. The van der Waals surface area contributed by atoms with E-state index in [9.17, 15) is 4.79 Å². The predicted molar refractivity (Wildman–Crippen MR) is 111 cm³/mol. The Hall–Kier alpha value is -2.86. The topological polar surface area (TPSA) is 79.0 Å². The second kappa shape index (κ2) is 8.89. The first kappa shape index (κ1) is 18.5. The number of imidazole rings is 1. The number of nitrogens with one attached hydrogen (secondary N) is 3. The molecule has 4 rings (SSSR count). The van der Waals surface area contributed by atoms with Gasteiger partial charge in [-0.3, -0.25) is 0 Å². The number of amides is 2. The molecule has 0 saturated carbocycles. The monoisotopic (exact) mass is 378 g/mol. The molecule has 0 bridgehead atoms. The van der Waals surface area contributed by atoms with E-state index in [1.807, 2.05) is 48.5 Å². The second-order valence-corrected chi connectivity index (χ2v) is 7.19. The SMILES string of the molecule is O=C(NCCCC[C@H]1CCCO1)Nc1ccc(-c2nc3ccccc3[nH]2)cc1. The van der Waals surface area contributed by atoms with Crippen LogP contribution < -0.4 is 10.6 Å². The molecule has 2 aromatic carbocycles. The summed E-state index contributed by atoms with van der Waals surface area (Å²) in [7, 11) is 0. The molecule has 1 atom stereocenters. The lowest BCUT2D eigenvalue weighted by molar-refractivity contribution is 0.102. The molecule has 3 aromatic rings. The molecule has 6 nitrogen and oxygen atoms in total. The number of carbonyl (C=O) groups excluding carboxylic acids is 1. The molecular weight excluding hydrogens is 352 g/mol. The number of aromatic amines is 1. The first-order valence-corrected chi connectivity index (χ1v) is 9.99. The van der Waals surface area contributed by atoms with Crippen LogP contribution >= 0.6 is 0 Å². The average molecular weight is 378 g/mol. The lowest BCUT2D eigenvalue weighted by atomic mass is 10.1. The standard InChI is InChI=1S/C22H26N4O2/c27-22(23-14-4-3-6-18-7-5-15-28-18)24-17-12-10-16(11-13-17)21-25-19-8-1-2-9-20(19)26-21/h1-2,8-13,18H,3-7,14-15H2,(H,25,26)(H2,23,24,27)/t18-/m0/s1. The normalized spacial score (nSPS) is 16.4. The van der Waals surface area contributed by atoms with Crippen molar-refractivity contribution in [2.45, 2.75) is 38.2 Å². The molecule has 3 N–H and O–H groups in total.